The first kappa shape index (κ1) is 17.5. The molecule has 1 N–H and O–H groups in total. The van der Waals surface area contributed by atoms with Crippen LogP contribution in [-0.2, 0) is 0 Å². The molecule has 0 saturated carbocycles. The number of rotatable bonds is 7. The molecule has 1 aliphatic heterocycles. The molecular formula is C18H26ClFN2. The SMILES string of the molecule is C=CCCCC[C@H](c1c(F)ccc(C)c1Cl)N1CCNCC1. The minimum Gasteiger partial charge on any atom is -0.314 e. The highest BCUT2D eigenvalue weighted by Crippen LogP contribution is 2.35. The van der Waals surface area contributed by atoms with Crippen molar-refractivity contribution in [1.29, 1.82) is 0 Å². The summed E-state index contributed by atoms with van der Waals surface area (Å²) in [7, 11) is 0. The average Bonchev–Trinajstić information content (AvgIpc) is 2.54. The summed E-state index contributed by atoms with van der Waals surface area (Å²) in [5.74, 6) is -0.178. The van der Waals surface area contributed by atoms with Gasteiger partial charge in [0.25, 0.3) is 0 Å². The zero-order chi connectivity index (χ0) is 15.9. The van der Waals surface area contributed by atoms with E-state index in [0.717, 1.165) is 57.4 Å². The second-order valence-corrected chi connectivity index (χ2v) is 6.34. The van der Waals surface area contributed by atoms with Crippen LogP contribution < -0.4 is 5.32 Å². The molecule has 4 heteroatoms. The van der Waals surface area contributed by atoms with Crippen molar-refractivity contribution < 1.29 is 4.39 Å². The van der Waals surface area contributed by atoms with Gasteiger partial charge in [-0.15, -0.1) is 6.58 Å². The molecule has 0 aromatic heterocycles. The maximum absolute atomic E-state index is 14.5. The summed E-state index contributed by atoms with van der Waals surface area (Å²) < 4.78 is 14.5. The van der Waals surface area contributed by atoms with E-state index in [0.29, 0.717) is 10.6 Å². The molecule has 2 nitrogen and oxygen atoms in total. The van der Waals surface area contributed by atoms with Gasteiger partial charge in [0.1, 0.15) is 5.82 Å². The van der Waals surface area contributed by atoms with E-state index in [1.807, 2.05) is 13.0 Å². The van der Waals surface area contributed by atoms with E-state index in [1.54, 1.807) is 12.1 Å². The van der Waals surface area contributed by atoms with Crippen LogP contribution in [-0.4, -0.2) is 31.1 Å². The van der Waals surface area contributed by atoms with Crippen molar-refractivity contribution in [2.45, 2.75) is 38.6 Å². The summed E-state index contributed by atoms with van der Waals surface area (Å²) in [5.41, 5.74) is 1.63. The van der Waals surface area contributed by atoms with E-state index in [2.05, 4.69) is 16.8 Å². The molecule has 1 saturated heterocycles. The Morgan fingerprint density at radius 2 is 2.09 bits per heavy atom. The Bertz CT molecular complexity index is 498. The van der Waals surface area contributed by atoms with Crippen molar-refractivity contribution in [3.05, 3.63) is 46.8 Å². The third-order valence-corrected chi connectivity index (χ3v) is 4.88. The van der Waals surface area contributed by atoms with Crippen LogP contribution >= 0.6 is 11.6 Å². The quantitative estimate of drug-likeness (QED) is 0.587. The Labute approximate surface area is 138 Å². The van der Waals surface area contributed by atoms with Crippen molar-refractivity contribution in [1.82, 2.24) is 10.2 Å². The van der Waals surface area contributed by atoms with Gasteiger partial charge in [-0.25, -0.2) is 4.39 Å². The zero-order valence-corrected chi connectivity index (χ0v) is 14.1. The minimum atomic E-state index is -0.178. The van der Waals surface area contributed by atoms with E-state index in [-0.39, 0.29) is 11.9 Å². The first-order valence-corrected chi connectivity index (χ1v) is 8.53. The highest BCUT2D eigenvalue weighted by molar-refractivity contribution is 6.32. The normalized spacial score (nSPS) is 17.4. The van der Waals surface area contributed by atoms with E-state index in [9.17, 15) is 4.39 Å². The van der Waals surface area contributed by atoms with Gasteiger partial charge in [-0.3, -0.25) is 4.90 Å². The van der Waals surface area contributed by atoms with Gasteiger partial charge >= 0.3 is 0 Å². The van der Waals surface area contributed by atoms with E-state index in [1.165, 1.54) is 0 Å². The lowest BCUT2D eigenvalue weighted by molar-refractivity contribution is 0.160. The summed E-state index contributed by atoms with van der Waals surface area (Å²) >= 11 is 6.45. The Kier molecular flexibility index (Phi) is 6.87. The number of nitrogens with one attached hydrogen (secondary N) is 1. The summed E-state index contributed by atoms with van der Waals surface area (Å²) in [4.78, 5) is 2.37. The molecule has 1 atom stereocenters. The molecule has 1 aromatic rings. The molecule has 1 heterocycles. The average molecular weight is 325 g/mol. The predicted molar refractivity (Wildman–Crippen MR) is 92.0 cm³/mol. The van der Waals surface area contributed by atoms with Gasteiger partial charge in [-0.05, 0) is 37.8 Å². The Morgan fingerprint density at radius 3 is 2.77 bits per heavy atom. The molecule has 0 amide bonds. The zero-order valence-electron chi connectivity index (χ0n) is 13.4. The highest BCUT2D eigenvalue weighted by atomic mass is 35.5. The van der Waals surface area contributed by atoms with Gasteiger partial charge in [0, 0.05) is 37.8 Å². The lowest BCUT2D eigenvalue weighted by atomic mass is 9.96. The third kappa shape index (κ3) is 4.31. The number of nitrogens with zero attached hydrogens (tertiary/aromatic N) is 1. The summed E-state index contributed by atoms with van der Waals surface area (Å²) in [6.07, 6.45) is 6.05. The van der Waals surface area contributed by atoms with Crippen molar-refractivity contribution in [2.75, 3.05) is 26.2 Å². The third-order valence-electron chi connectivity index (χ3n) is 4.38. The maximum atomic E-state index is 14.5. The second-order valence-electron chi connectivity index (χ2n) is 5.97. The van der Waals surface area contributed by atoms with Crippen molar-refractivity contribution in [3.8, 4) is 0 Å². The van der Waals surface area contributed by atoms with E-state index < -0.39 is 0 Å². The number of unbranched alkanes of at least 4 members (excludes halogenated alkanes) is 2. The van der Waals surface area contributed by atoms with Crippen LogP contribution in [0.3, 0.4) is 0 Å². The molecule has 22 heavy (non-hydrogen) atoms. The molecule has 0 radical (unpaired) electrons. The van der Waals surface area contributed by atoms with E-state index in [4.69, 9.17) is 11.6 Å². The molecule has 1 fully saturated rings. The topological polar surface area (TPSA) is 15.3 Å². The lowest BCUT2D eigenvalue weighted by Crippen LogP contribution is -2.45. The fourth-order valence-corrected chi connectivity index (χ4v) is 3.39. The molecule has 2 rings (SSSR count). The number of hydrogen-bond donors (Lipinski definition) is 1. The summed E-state index contributed by atoms with van der Waals surface area (Å²) in [5, 5.41) is 3.95. The van der Waals surface area contributed by atoms with Crippen LogP contribution in [0.4, 0.5) is 4.39 Å². The molecule has 0 bridgehead atoms. The fourth-order valence-electron chi connectivity index (χ4n) is 3.11. The molecule has 0 aliphatic carbocycles. The van der Waals surface area contributed by atoms with Gasteiger partial charge in [-0.2, -0.15) is 0 Å². The molecule has 1 aliphatic rings. The number of aryl methyl sites for hydroxylation is 1. The van der Waals surface area contributed by atoms with Gasteiger partial charge in [0.15, 0.2) is 0 Å². The number of piperazine rings is 1. The number of allylic oxidation sites excluding steroid dienone is 1. The molecule has 0 spiro atoms. The van der Waals surface area contributed by atoms with Gasteiger partial charge in [-0.1, -0.05) is 30.2 Å². The highest BCUT2D eigenvalue weighted by Gasteiger charge is 2.26. The van der Waals surface area contributed by atoms with Crippen LogP contribution in [0.15, 0.2) is 24.8 Å². The molecule has 122 valence electrons. The van der Waals surface area contributed by atoms with Crippen LogP contribution in [0.25, 0.3) is 0 Å². The summed E-state index contributed by atoms with van der Waals surface area (Å²) in [6, 6.07) is 3.38. The van der Waals surface area contributed by atoms with Crippen LogP contribution in [0.5, 0.6) is 0 Å². The number of benzene rings is 1. The first-order chi connectivity index (χ1) is 10.6. The molecule has 1 aromatic carbocycles. The van der Waals surface area contributed by atoms with E-state index >= 15 is 0 Å². The van der Waals surface area contributed by atoms with Crippen molar-refractivity contribution in [3.63, 3.8) is 0 Å². The fraction of sp³-hybridized carbons (Fsp3) is 0.556. The van der Waals surface area contributed by atoms with Crippen molar-refractivity contribution >= 4 is 11.6 Å². The minimum absolute atomic E-state index is 0.0688. The largest absolute Gasteiger partial charge is 0.314 e. The van der Waals surface area contributed by atoms with Crippen LogP contribution in [0.2, 0.25) is 5.02 Å². The second kappa shape index (κ2) is 8.66. The Hall–Kier alpha value is -0.900. The Morgan fingerprint density at radius 1 is 1.36 bits per heavy atom. The van der Waals surface area contributed by atoms with Gasteiger partial charge in [0.05, 0.1) is 5.02 Å². The first-order valence-electron chi connectivity index (χ1n) is 8.15. The monoisotopic (exact) mass is 324 g/mol. The number of hydrogen-bond acceptors (Lipinski definition) is 2. The standard InChI is InChI=1S/C18H26ClFN2/c1-3-4-5-6-7-16(22-12-10-21-11-13-22)17-15(20)9-8-14(2)18(17)19/h3,8-9,16,21H,1,4-7,10-13H2,2H3/t16-/m1/s1. The Balaban J connectivity index is 2.22. The molecule has 0 unspecified atom stereocenters. The lowest BCUT2D eigenvalue weighted by Gasteiger charge is -2.36. The maximum Gasteiger partial charge on any atom is 0.129 e. The smallest absolute Gasteiger partial charge is 0.129 e. The predicted octanol–water partition coefficient (Wildman–Crippen LogP) is 4.48. The van der Waals surface area contributed by atoms with Gasteiger partial charge < -0.3 is 5.32 Å². The number of halogens is 2. The van der Waals surface area contributed by atoms with Gasteiger partial charge in [0.2, 0.25) is 0 Å². The molecular weight excluding hydrogens is 299 g/mol. The van der Waals surface area contributed by atoms with Crippen LogP contribution in [0, 0.1) is 12.7 Å². The van der Waals surface area contributed by atoms with Crippen molar-refractivity contribution in [2.24, 2.45) is 0 Å². The summed E-state index contributed by atoms with van der Waals surface area (Å²) in [6.45, 7) is 9.49. The van der Waals surface area contributed by atoms with Crippen LogP contribution in [0.1, 0.15) is 42.9 Å².